The summed E-state index contributed by atoms with van der Waals surface area (Å²) in [6, 6.07) is 5.97. The Balaban J connectivity index is 2.46. The van der Waals surface area contributed by atoms with Crippen molar-refractivity contribution >= 4 is 22.9 Å². The second-order valence-electron chi connectivity index (χ2n) is 5.73. The number of halogens is 1. The normalized spacial score (nSPS) is 13.9. The van der Waals surface area contributed by atoms with E-state index < -0.39 is 0 Å². The minimum atomic E-state index is 0.0299. The van der Waals surface area contributed by atoms with Gasteiger partial charge in [-0.25, -0.2) is 0 Å². The Hall–Kier alpha value is -1.10. The van der Waals surface area contributed by atoms with Gasteiger partial charge in [-0.1, -0.05) is 37.6 Å². The fraction of sp³-hybridized carbons (Fsp3) is 0.471. The summed E-state index contributed by atoms with van der Waals surface area (Å²) in [5.74, 6) is 0.412. The number of benzene rings is 1. The lowest BCUT2D eigenvalue weighted by Crippen LogP contribution is -2.21. The van der Waals surface area contributed by atoms with Crippen molar-refractivity contribution in [2.75, 3.05) is 6.61 Å². The standard InChI is InChI=1S/C17H23ClN2OS/c1-11(2)16-10-22-17(20(16)8-9-21)19-13(4)14-6-5-7-15(18)12(14)3/h5-7,10-11,13,21H,8-9H2,1-4H3. The van der Waals surface area contributed by atoms with E-state index in [9.17, 15) is 5.11 Å². The predicted molar refractivity (Wildman–Crippen MR) is 93.7 cm³/mol. The first-order valence-electron chi connectivity index (χ1n) is 7.53. The van der Waals surface area contributed by atoms with Gasteiger partial charge >= 0.3 is 0 Å². The van der Waals surface area contributed by atoms with Crippen LogP contribution in [0.1, 0.15) is 49.6 Å². The van der Waals surface area contributed by atoms with Crippen LogP contribution < -0.4 is 4.80 Å². The third-order valence-corrected chi connectivity index (χ3v) is 5.11. The molecule has 0 aliphatic carbocycles. The fourth-order valence-electron chi connectivity index (χ4n) is 2.54. The Bertz CT molecular complexity index is 703. The summed E-state index contributed by atoms with van der Waals surface area (Å²) in [5, 5.41) is 12.2. The maximum absolute atomic E-state index is 9.33. The highest BCUT2D eigenvalue weighted by atomic mass is 35.5. The van der Waals surface area contributed by atoms with Crippen molar-refractivity contribution in [2.24, 2.45) is 4.99 Å². The SMILES string of the molecule is Cc1c(Cl)cccc1C(C)N=c1scc(C(C)C)n1CCO. The molecule has 120 valence electrons. The maximum Gasteiger partial charge on any atom is 0.185 e. The number of rotatable bonds is 5. The van der Waals surface area contributed by atoms with Gasteiger partial charge in [0.15, 0.2) is 4.80 Å². The molecule has 0 amide bonds. The summed E-state index contributed by atoms with van der Waals surface area (Å²) in [5.41, 5.74) is 3.44. The quantitative estimate of drug-likeness (QED) is 0.867. The smallest absolute Gasteiger partial charge is 0.185 e. The van der Waals surface area contributed by atoms with Gasteiger partial charge < -0.3 is 9.67 Å². The molecule has 0 fully saturated rings. The van der Waals surface area contributed by atoms with E-state index in [-0.39, 0.29) is 12.6 Å². The van der Waals surface area contributed by atoms with Crippen LogP contribution in [0.4, 0.5) is 0 Å². The molecule has 0 saturated carbocycles. The first kappa shape index (κ1) is 17.3. The summed E-state index contributed by atoms with van der Waals surface area (Å²) in [6.45, 7) is 9.12. The minimum Gasteiger partial charge on any atom is -0.395 e. The maximum atomic E-state index is 9.33. The van der Waals surface area contributed by atoms with Crippen molar-refractivity contribution < 1.29 is 5.11 Å². The van der Waals surface area contributed by atoms with Crippen molar-refractivity contribution in [1.82, 2.24) is 4.57 Å². The molecule has 1 aromatic heterocycles. The Kier molecular flexibility index (Phi) is 5.84. The Morgan fingerprint density at radius 3 is 2.68 bits per heavy atom. The molecule has 5 heteroatoms. The van der Waals surface area contributed by atoms with Crippen molar-refractivity contribution in [3.8, 4) is 0 Å². The molecule has 2 rings (SSSR count). The molecule has 1 atom stereocenters. The van der Waals surface area contributed by atoms with Crippen LogP contribution in [0, 0.1) is 6.92 Å². The Morgan fingerprint density at radius 1 is 1.32 bits per heavy atom. The number of aliphatic hydroxyl groups is 1. The van der Waals surface area contributed by atoms with Crippen LogP contribution in [0.25, 0.3) is 0 Å². The van der Waals surface area contributed by atoms with Crippen LogP contribution in [0.3, 0.4) is 0 Å². The molecule has 0 spiro atoms. The Morgan fingerprint density at radius 2 is 2.05 bits per heavy atom. The van der Waals surface area contributed by atoms with E-state index in [0.717, 1.165) is 21.0 Å². The van der Waals surface area contributed by atoms with Crippen molar-refractivity contribution in [3.63, 3.8) is 0 Å². The zero-order valence-corrected chi connectivity index (χ0v) is 15.1. The summed E-state index contributed by atoms with van der Waals surface area (Å²) >= 11 is 7.84. The summed E-state index contributed by atoms with van der Waals surface area (Å²) < 4.78 is 2.12. The highest BCUT2D eigenvalue weighted by molar-refractivity contribution is 7.07. The molecule has 0 radical (unpaired) electrons. The lowest BCUT2D eigenvalue weighted by atomic mass is 10.0. The molecule has 0 bridgehead atoms. The number of aliphatic hydroxyl groups excluding tert-OH is 1. The van der Waals surface area contributed by atoms with Crippen molar-refractivity contribution in [2.45, 2.75) is 46.2 Å². The highest BCUT2D eigenvalue weighted by Gasteiger charge is 2.12. The second kappa shape index (κ2) is 7.44. The van der Waals surface area contributed by atoms with E-state index in [2.05, 4.69) is 36.8 Å². The van der Waals surface area contributed by atoms with E-state index in [1.807, 2.05) is 19.1 Å². The van der Waals surface area contributed by atoms with E-state index in [1.165, 1.54) is 5.69 Å². The van der Waals surface area contributed by atoms with Crippen LogP contribution in [0.5, 0.6) is 0 Å². The first-order valence-corrected chi connectivity index (χ1v) is 8.79. The summed E-state index contributed by atoms with van der Waals surface area (Å²) in [4.78, 5) is 5.81. The number of hydrogen-bond donors (Lipinski definition) is 1. The van der Waals surface area contributed by atoms with E-state index >= 15 is 0 Å². The minimum absolute atomic E-state index is 0.0299. The molecule has 2 aromatic rings. The topological polar surface area (TPSA) is 37.5 Å². The van der Waals surface area contributed by atoms with Crippen LogP contribution in [0.15, 0.2) is 28.6 Å². The van der Waals surface area contributed by atoms with E-state index in [1.54, 1.807) is 11.3 Å². The van der Waals surface area contributed by atoms with E-state index in [4.69, 9.17) is 16.6 Å². The Labute approximate surface area is 140 Å². The fourth-order valence-corrected chi connectivity index (χ4v) is 3.89. The molecule has 0 aliphatic rings. The molecule has 1 aromatic carbocycles. The van der Waals surface area contributed by atoms with Crippen LogP contribution in [-0.2, 0) is 6.54 Å². The predicted octanol–water partition coefficient (Wildman–Crippen LogP) is 4.29. The lowest BCUT2D eigenvalue weighted by Gasteiger charge is -2.13. The zero-order chi connectivity index (χ0) is 16.3. The van der Waals surface area contributed by atoms with Crippen LogP contribution in [0.2, 0.25) is 5.02 Å². The third kappa shape index (κ3) is 3.62. The number of thiazole rings is 1. The zero-order valence-electron chi connectivity index (χ0n) is 13.5. The van der Waals surface area contributed by atoms with Crippen LogP contribution >= 0.6 is 22.9 Å². The summed E-state index contributed by atoms with van der Waals surface area (Å²) in [6.07, 6.45) is 0. The number of hydrogen-bond acceptors (Lipinski definition) is 3. The second-order valence-corrected chi connectivity index (χ2v) is 6.98. The van der Waals surface area contributed by atoms with Gasteiger partial charge in [-0.2, -0.15) is 0 Å². The molecule has 3 nitrogen and oxygen atoms in total. The van der Waals surface area contributed by atoms with Gasteiger partial charge in [0.1, 0.15) is 0 Å². The van der Waals surface area contributed by atoms with Gasteiger partial charge in [0.05, 0.1) is 12.6 Å². The highest BCUT2D eigenvalue weighted by Crippen LogP contribution is 2.26. The van der Waals surface area contributed by atoms with E-state index in [0.29, 0.717) is 12.5 Å². The van der Waals surface area contributed by atoms with Gasteiger partial charge in [0.25, 0.3) is 0 Å². The molecule has 1 unspecified atom stereocenters. The van der Waals surface area contributed by atoms with Gasteiger partial charge in [-0.15, -0.1) is 11.3 Å². The lowest BCUT2D eigenvalue weighted by molar-refractivity contribution is 0.272. The number of aromatic nitrogens is 1. The van der Waals surface area contributed by atoms with Gasteiger partial charge in [0.2, 0.25) is 0 Å². The van der Waals surface area contributed by atoms with Crippen molar-refractivity contribution in [1.29, 1.82) is 0 Å². The third-order valence-electron chi connectivity index (χ3n) is 3.81. The molecule has 0 saturated heterocycles. The molecule has 22 heavy (non-hydrogen) atoms. The largest absolute Gasteiger partial charge is 0.395 e. The average molecular weight is 339 g/mol. The molecule has 1 heterocycles. The van der Waals surface area contributed by atoms with Gasteiger partial charge in [-0.05, 0) is 37.0 Å². The molecule has 0 aliphatic heterocycles. The van der Waals surface area contributed by atoms with Gasteiger partial charge in [-0.3, -0.25) is 4.99 Å². The molecular weight excluding hydrogens is 316 g/mol. The average Bonchev–Trinajstić information content (AvgIpc) is 2.85. The first-order chi connectivity index (χ1) is 10.5. The summed E-state index contributed by atoms with van der Waals surface area (Å²) in [7, 11) is 0. The van der Waals surface area contributed by atoms with Gasteiger partial charge in [0, 0.05) is 22.6 Å². The molecule has 1 N–H and O–H groups in total. The van der Waals surface area contributed by atoms with Crippen molar-refractivity contribution in [3.05, 3.63) is 50.2 Å². The monoisotopic (exact) mass is 338 g/mol. The number of nitrogens with zero attached hydrogens (tertiary/aromatic N) is 2. The molecular formula is C17H23ClN2OS. The van der Waals surface area contributed by atoms with Crippen LogP contribution in [-0.4, -0.2) is 16.3 Å².